The van der Waals surface area contributed by atoms with Crippen molar-refractivity contribution in [2.45, 2.75) is 0 Å². The van der Waals surface area contributed by atoms with Gasteiger partial charge in [-0.15, -0.1) is 0 Å². The van der Waals surface area contributed by atoms with E-state index < -0.39 is 21.8 Å². The van der Waals surface area contributed by atoms with Crippen molar-refractivity contribution >= 4 is 29.0 Å². The topological polar surface area (TPSA) is 144 Å². The molecule has 0 aromatic heterocycles. The van der Waals surface area contributed by atoms with Crippen LogP contribution in [-0.2, 0) is 0 Å². The number of amides is 3. The second-order valence-corrected chi connectivity index (χ2v) is 4.52. The van der Waals surface area contributed by atoms with Gasteiger partial charge in [0.05, 0.1) is 9.85 Å². The summed E-state index contributed by atoms with van der Waals surface area (Å²) in [5.74, 6) is -0.746. The van der Waals surface area contributed by atoms with Crippen LogP contribution in [0.4, 0.5) is 21.9 Å². The molecule has 2 aromatic carbocycles. The van der Waals surface area contributed by atoms with Crippen molar-refractivity contribution in [1.82, 2.24) is 5.32 Å². The van der Waals surface area contributed by atoms with Crippen LogP contribution in [0.1, 0.15) is 10.4 Å². The Balaban J connectivity index is 1.97. The van der Waals surface area contributed by atoms with Gasteiger partial charge in [0.2, 0.25) is 0 Å². The second-order valence-electron chi connectivity index (χ2n) is 4.52. The fourth-order valence-electron chi connectivity index (χ4n) is 1.74. The number of carbonyl (C=O) groups excluding carboxylic acids is 2. The van der Waals surface area contributed by atoms with Crippen molar-refractivity contribution in [3.05, 3.63) is 74.3 Å². The molecule has 10 nitrogen and oxygen atoms in total. The van der Waals surface area contributed by atoms with Crippen LogP contribution < -0.4 is 10.6 Å². The lowest BCUT2D eigenvalue weighted by Gasteiger charge is -2.06. The number of imide groups is 1. The van der Waals surface area contributed by atoms with E-state index in [2.05, 4.69) is 5.32 Å². The third kappa shape index (κ3) is 4.10. The van der Waals surface area contributed by atoms with Crippen LogP contribution in [0.15, 0.2) is 48.5 Å². The first-order chi connectivity index (χ1) is 11.4. The minimum atomic E-state index is -0.841. The van der Waals surface area contributed by atoms with Crippen molar-refractivity contribution < 1.29 is 19.4 Å². The Kier molecular flexibility index (Phi) is 4.80. The number of rotatable bonds is 4. The first kappa shape index (κ1) is 16.5. The molecule has 0 aliphatic carbocycles. The van der Waals surface area contributed by atoms with Gasteiger partial charge < -0.3 is 5.32 Å². The Morgan fingerprint density at radius 1 is 0.792 bits per heavy atom. The maximum atomic E-state index is 11.8. The molecular weight excluding hydrogens is 320 g/mol. The van der Waals surface area contributed by atoms with E-state index in [9.17, 15) is 29.8 Å². The van der Waals surface area contributed by atoms with Crippen LogP contribution >= 0.6 is 0 Å². The molecule has 2 rings (SSSR count). The number of carbonyl (C=O) groups is 2. The quantitative estimate of drug-likeness (QED) is 0.650. The van der Waals surface area contributed by atoms with E-state index in [1.165, 1.54) is 36.4 Å². The number of nitrogens with one attached hydrogen (secondary N) is 2. The van der Waals surface area contributed by atoms with Crippen molar-refractivity contribution in [2.75, 3.05) is 5.32 Å². The van der Waals surface area contributed by atoms with E-state index in [0.29, 0.717) is 0 Å². The Labute approximate surface area is 134 Å². The molecule has 0 unspecified atom stereocenters. The number of anilines is 1. The predicted octanol–water partition coefficient (Wildman–Crippen LogP) is 2.46. The summed E-state index contributed by atoms with van der Waals surface area (Å²) in [5.41, 5.74) is 0.0128. The molecule has 0 atom stereocenters. The normalized spacial score (nSPS) is 9.83. The van der Waals surface area contributed by atoms with E-state index in [1.807, 2.05) is 5.32 Å². The zero-order chi connectivity index (χ0) is 17.7. The molecule has 122 valence electrons. The van der Waals surface area contributed by atoms with Crippen LogP contribution in [0.5, 0.6) is 0 Å². The van der Waals surface area contributed by atoms with E-state index >= 15 is 0 Å². The minimum Gasteiger partial charge on any atom is -0.308 e. The molecule has 0 spiro atoms. The molecule has 2 N–H and O–H groups in total. The van der Waals surface area contributed by atoms with E-state index in [4.69, 9.17) is 0 Å². The third-order valence-corrected chi connectivity index (χ3v) is 2.90. The maximum absolute atomic E-state index is 11.8. The Morgan fingerprint density at radius 2 is 1.25 bits per heavy atom. The molecule has 0 saturated heterocycles. The summed E-state index contributed by atoms with van der Waals surface area (Å²) < 4.78 is 0. The largest absolute Gasteiger partial charge is 0.326 e. The molecule has 3 amide bonds. The Morgan fingerprint density at radius 3 is 1.71 bits per heavy atom. The highest BCUT2D eigenvalue weighted by Crippen LogP contribution is 2.15. The standard InChI is InChI=1S/C14H10N4O6/c19-13(9-1-5-11(6-2-9)17(21)22)16-14(20)15-10-3-7-12(8-4-10)18(23)24/h1-8H,(H2,15,16,19,20). The lowest BCUT2D eigenvalue weighted by atomic mass is 10.2. The Bertz CT molecular complexity index is 801. The molecule has 24 heavy (non-hydrogen) atoms. The first-order valence-corrected chi connectivity index (χ1v) is 6.48. The summed E-state index contributed by atoms with van der Waals surface area (Å²) in [6, 6.07) is 8.90. The van der Waals surface area contributed by atoms with Crippen LogP contribution in [0.2, 0.25) is 0 Å². The van der Waals surface area contributed by atoms with Gasteiger partial charge >= 0.3 is 6.03 Å². The van der Waals surface area contributed by atoms with Crippen LogP contribution in [-0.4, -0.2) is 21.8 Å². The van der Waals surface area contributed by atoms with Crippen molar-refractivity contribution in [3.8, 4) is 0 Å². The van der Waals surface area contributed by atoms with Gasteiger partial charge in [0, 0.05) is 35.5 Å². The maximum Gasteiger partial charge on any atom is 0.326 e. The van der Waals surface area contributed by atoms with Gasteiger partial charge in [0.25, 0.3) is 17.3 Å². The summed E-state index contributed by atoms with van der Waals surface area (Å²) in [6.45, 7) is 0. The highest BCUT2D eigenvalue weighted by molar-refractivity contribution is 6.08. The van der Waals surface area contributed by atoms with Crippen LogP contribution in [0.3, 0.4) is 0 Å². The average Bonchev–Trinajstić information content (AvgIpc) is 2.55. The van der Waals surface area contributed by atoms with Gasteiger partial charge in [-0.1, -0.05) is 0 Å². The summed E-state index contributed by atoms with van der Waals surface area (Å²) in [5, 5.41) is 25.4. The molecule has 0 saturated carbocycles. The number of urea groups is 1. The van der Waals surface area contributed by atoms with Crippen molar-refractivity contribution in [2.24, 2.45) is 0 Å². The number of nitro groups is 2. The minimum absolute atomic E-state index is 0.0689. The molecule has 0 radical (unpaired) electrons. The third-order valence-electron chi connectivity index (χ3n) is 2.90. The van der Waals surface area contributed by atoms with Gasteiger partial charge in [0.1, 0.15) is 0 Å². The molecule has 0 aliphatic heterocycles. The molecule has 10 heteroatoms. The van der Waals surface area contributed by atoms with Crippen LogP contribution in [0.25, 0.3) is 0 Å². The molecule has 0 fully saturated rings. The molecule has 2 aromatic rings. The smallest absolute Gasteiger partial charge is 0.308 e. The van der Waals surface area contributed by atoms with Gasteiger partial charge in [0.15, 0.2) is 0 Å². The zero-order valence-corrected chi connectivity index (χ0v) is 12.0. The summed E-state index contributed by atoms with van der Waals surface area (Å²) >= 11 is 0. The van der Waals surface area contributed by atoms with Gasteiger partial charge in [-0.25, -0.2) is 4.79 Å². The summed E-state index contributed by atoms with van der Waals surface area (Å²) in [7, 11) is 0. The summed E-state index contributed by atoms with van der Waals surface area (Å²) in [4.78, 5) is 43.4. The summed E-state index contributed by atoms with van der Waals surface area (Å²) in [6.07, 6.45) is 0. The number of nitrogens with zero attached hydrogens (tertiary/aromatic N) is 2. The first-order valence-electron chi connectivity index (χ1n) is 6.48. The number of hydrogen-bond donors (Lipinski definition) is 2. The molecule has 0 aliphatic rings. The van der Waals surface area contributed by atoms with Crippen molar-refractivity contribution in [3.63, 3.8) is 0 Å². The van der Waals surface area contributed by atoms with Crippen molar-refractivity contribution in [1.29, 1.82) is 0 Å². The van der Waals surface area contributed by atoms with Crippen LogP contribution in [0, 0.1) is 20.2 Å². The number of benzene rings is 2. The monoisotopic (exact) mass is 330 g/mol. The van der Waals surface area contributed by atoms with Gasteiger partial charge in [-0.05, 0) is 24.3 Å². The average molecular weight is 330 g/mol. The lowest BCUT2D eigenvalue weighted by molar-refractivity contribution is -0.385. The zero-order valence-electron chi connectivity index (χ0n) is 12.0. The van der Waals surface area contributed by atoms with E-state index in [-0.39, 0.29) is 22.6 Å². The predicted molar refractivity (Wildman–Crippen MR) is 82.7 cm³/mol. The molecule has 0 bridgehead atoms. The lowest BCUT2D eigenvalue weighted by Crippen LogP contribution is -2.34. The van der Waals surface area contributed by atoms with E-state index in [0.717, 1.165) is 12.1 Å². The second kappa shape index (κ2) is 6.96. The van der Waals surface area contributed by atoms with E-state index in [1.54, 1.807) is 0 Å². The molecular formula is C14H10N4O6. The number of hydrogen-bond acceptors (Lipinski definition) is 6. The van der Waals surface area contributed by atoms with Gasteiger partial charge in [-0.3, -0.25) is 30.3 Å². The number of nitro benzene ring substituents is 2. The fraction of sp³-hybridized carbons (Fsp3) is 0. The highest BCUT2D eigenvalue weighted by Gasteiger charge is 2.13. The highest BCUT2D eigenvalue weighted by atomic mass is 16.6. The van der Waals surface area contributed by atoms with Gasteiger partial charge in [-0.2, -0.15) is 0 Å². The number of non-ortho nitro benzene ring substituents is 2. The Hall–Kier alpha value is -3.82. The molecule has 0 heterocycles. The fourth-order valence-corrected chi connectivity index (χ4v) is 1.74. The SMILES string of the molecule is O=C(NC(=O)c1ccc([N+](=O)[O-])cc1)Nc1ccc([N+](=O)[O-])cc1.